The molecule has 0 aliphatic rings. The predicted octanol–water partition coefficient (Wildman–Crippen LogP) is 5.61. The highest BCUT2D eigenvalue weighted by atomic mass is 35.5. The van der Waals surface area contributed by atoms with Crippen molar-refractivity contribution in [3.8, 4) is 17.0 Å². The number of amides is 1. The lowest BCUT2D eigenvalue weighted by Crippen LogP contribution is -2.17. The minimum Gasteiger partial charge on any atom is -0.406 e. The molecule has 0 unspecified atom stereocenters. The van der Waals surface area contributed by atoms with Crippen LogP contribution < -0.4 is 10.1 Å². The lowest BCUT2D eigenvalue weighted by molar-refractivity contribution is -0.274. The summed E-state index contributed by atoms with van der Waals surface area (Å²) < 4.78 is 40.2. The molecule has 4 nitrogen and oxygen atoms in total. The number of aromatic nitrogens is 1. The number of ether oxygens (including phenoxy) is 1. The molecule has 134 valence electrons. The van der Waals surface area contributed by atoms with Crippen LogP contribution in [0.25, 0.3) is 11.3 Å². The molecule has 9 heteroatoms. The van der Waals surface area contributed by atoms with Crippen molar-refractivity contribution >= 4 is 34.0 Å². The van der Waals surface area contributed by atoms with Crippen LogP contribution in [0.15, 0.2) is 53.9 Å². The Morgan fingerprint density at radius 2 is 1.73 bits per heavy atom. The molecule has 0 fully saturated rings. The Labute approximate surface area is 155 Å². The highest BCUT2D eigenvalue weighted by Crippen LogP contribution is 2.27. The number of halogens is 4. The van der Waals surface area contributed by atoms with Gasteiger partial charge in [-0.25, -0.2) is 4.98 Å². The number of carbonyl (C=O) groups excluding carboxylic acids is 1. The molecule has 26 heavy (non-hydrogen) atoms. The summed E-state index contributed by atoms with van der Waals surface area (Å²) in [6.07, 6.45) is -4.78. The molecule has 1 N–H and O–H groups in total. The monoisotopic (exact) mass is 398 g/mol. The lowest BCUT2D eigenvalue weighted by atomic mass is 10.2. The van der Waals surface area contributed by atoms with Crippen molar-refractivity contribution in [3.05, 3.63) is 64.5 Å². The molecule has 0 aliphatic heterocycles. The van der Waals surface area contributed by atoms with Gasteiger partial charge in [0.25, 0.3) is 5.91 Å². The van der Waals surface area contributed by atoms with Gasteiger partial charge in [-0.2, -0.15) is 0 Å². The van der Waals surface area contributed by atoms with Crippen LogP contribution in [0.5, 0.6) is 5.75 Å². The second-order valence-corrected chi connectivity index (χ2v) is 6.37. The average molecular weight is 399 g/mol. The first-order valence-corrected chi connectivity index (χ1v) is 8.44. The van der Waals surface area contributed by atoms with Crippen LogP contribution in [0.2, 0.25) is 5.02 Å². The van der Waals surface area contributed by atoms with E-state index in [0.717, 1.165) is 17.7 Å². The number of nitrogens with one attached hydrogen (secondary N) is 1. The number of hydrogen-bond acceptors (Lipinski definition) is 4. The second kappa shape index (κ2) is 7.35. The van der Waals surface area contributed by atoms with E-state index in [2.05, 4.69) is 15.0 Å². The minimum absolute atomic E-state index is 0.183. The predicted molar refractivity (Wildman–Crippen MR) is 93.6 cm³/mol. The summed E-state index contributed by atoms with van der Waals surface area (Å²) in [5, 5.41) is 5.36. The van der Waals surface area contributed by atoms with Crippen molar-refractivity contribution in [1.29, 1.82) is 0 Å². The number of carbonyl (C=O) groups is 1. The van der Waals surface area contributed by atoms with Crippen molar-refractivity contribution in [2.24, 2.45) is 0 Å². The fourth-order valence-electron chi connectivity index (χ4n) is 2.06. The average Bonchev–Trinajstić information content (AvgIpc) is 3.03. The van der Waals surface area contributed by atoms with E-state index in [-0.39, 0.29) is 5.56 Å². The number of benzene rings is 2. The van der Waals surface area contributed by atoms with Gasteiger partial charge in [-0.15, -0.1) is 24.5 Å². The summed E-state index contributed by atoms with van der Waals surface area (Å²) in [4.78, 5) is 16.5. The largest absolute Gasteiger partial charge is 0.573 e. The highest BCUT2D eigenvalue weighted by molar-refractivity contribution is 7.14. The van der Waals surface area contributed by atoms with Crippen molar-refractivity contribution in [1.82, 2.24) is 4.98 Å². The van der Waals surface area contributed by atoms with E-state index in [4.69, 9.17) is 11.6 Å². The summed E-state index contributed by atoms with van der Waals surface area (Å²) in [6, 6.07) is 11.7. The maximum absolute atomic E-state index is 12.2. The summed E-state index contributed by atoms with van der Waals surface area (Å²) >= 11 is 7.07. The van der Waals surface area contributed by atoms with E-state index in [9.17, 15) is 18.0 Å². The van der Waals surface area contributed by atoms with E-state index >= 15 is 0 Å². The van der Waals surface area contributed by atoms with Gasteiger partial charge in [-0.3, -0.25) is 10.1 Å². The standard InChI is InChI=1S/C17H10ClF3N2O2S/c18-12-5-1-10(2-6-12)14-9-26-16(22-14)23-15(24)11-3-7-13(8-4-11)25-17(19,20)21/h1-9H,(H,22,23,24). The Morgan fingerprint density at radius 3 is 2.35 bits per heavy atom. The fraction of sp³-hybridized carbons (Fsp3) is 0.0588. The van der Waals surface area contributed by atoms with E-state index in [1.165, 1.54) is 23.5 Å². The lowest BCUT2D eigenvalue weighted by Gasteiger charge is -2.09. The molecule has 0 saturated heterocycles. The molecule has 0 spiro atoms. The summed E-state index contributed by atoms with van der Waals surface area (Å²) in [5.41, 5.74) is 1.71. The van der Waals surface area contributed by atoms with Gasteiger partial charge in [0.15, 0.2) is 5.13 Å². The molecule has 1 aromatic heterocycles. The summed E-state index contributed by atoms with van der Waals surface area (Å²) in [7, 11) is 0. The molecule has 3 rings (SSSR count). The summed E-state index contributed by atoms with van der Waals surface area (Å²) in [5.74, 6) is -0.881. The Kier molecular flexibility index (Phi) is 5.15. The van der Waals surface area contributed by atoms with Crippen LogP contribution in [0.4, 0.5) is 18.3 Å². The van der Waals surface area contributed by atoms with Gasteiger partial charge in [0.05, 0.1) is 5.69 Å². The summed E-state index contributed by atoms with van der Waals surface area (Å²) in [6.45, 7) is 0. The molecule has 0 saturated carbocycles. The third kappa shape index (κ3) is 4.74. The van der Waals surface area contributed by atoms with Crippen LogP contribution >= 0.6 is 22.9 Å². The number of nitrogens with zero attached hydrogens (tertiary/aromatic N) is 1. The first-order chi connectivity index (χ1) is 12.3. The smallest absolute Gasteiger partial charge is 0.406 e. The molecule has 2 aromatic carbocycles. The Hall–Kier alpha value is -2.58. The van der Waals surface area contributed by atoms with Crippen LogP contribution in [0.3, 0.4) is 0 Å². The maximum atomic E-state index is 12.2. The van der Waals surface area contributed by atoms with Crippen molar-refractivity contribution in [3.63, 3.8) is 0 Å². The van der Waals surface area contributed by atoms with Crippen molar-refractivity contribution in [2.75, 3.05) is 5.32 Å². The first-order valence-electron chi connectivity index (χ1n) is 7.19. The molecular formula is C17H10ClF3N2O2S. The van der Waals surface area contributed by atoms with Crippen LogP contribution in [-0.4, -0.2) is 17.3 Å². The minimum atomic E-state index is -4.78. The normalized spacial score (nSPS) is 11.2. The molecule has 1 heterocycles. The molecule has 0 aliphatic carbocycles. The Bertz CT molecular complexity index is 909. The highest BCUT2D eigenvalue weighted by Gasteiger charge is 2.31. The third-order valence-electron chi connectivity index (χ3n) is 3.21. The van der Waals surface area contributed by atoms with E-state index in [1.807, 2.05) is 12.1 Å². The van der Waals surface area contributed by atoms with Gasteiger partial charge in [0.1, 0.15) is 5.75 Å². The second-order valence-electron chi connectivity index (χ2n) is 5.07. The molecule has 0 radical (unpaired) electrons. The molecule has 0 bridgehead atoms. The van der Waals surface area contributed by atoms with E-state index in [1.54, 1.807) is 17.5 Å². The van der Waals surface area contributed by atoms with Gasteiger partial charge >= 0.3 is 6.36 Å². The van der Waals surface area contributed by atoms with Gasteiger partial charge in [0.2, 0.25) is 0 Å². The van der Waals surface area contributed by atoms with Crippen molar-refractivity contribution in [2.45, 2.75) is 6.36 Å². The quantitative estimate of drug-likeness (QED) is 0.621. The molecule has 1 amide bonds. The molecule has 3 aromatic rings. The number of rotatable bonds is 4. The van der Waals surface area contributed by atoms with Crippen LogP contribution in [0.1, 0.15) is 10.4 Å². The zero-order valence-electron chi connectivity index (χ0n) is 12.9. The first kappa shape index (κ1) is 18.2. The maximum Gasteiger partial charge on any atom is 0.573 e. The molecule has 0 atom stereocenters. The number of alkyl halides is 3. The SMILES string of the molecule is O=C(Nc1nc(-c2ccc(Cl)cc2)cs1)c1ccc(OC(F)(F)F)cc1. The van der Waals surface area contributed by atoms with Gasteiger partial charge in [0, 0.05) is 21.5 Å². The number of thiazole rings is 1. The van der Waals surface area contributed by atoms with Crippen LogP contribution in [-0.2, 0) is 0 Å². The number of hydrogen-bond donors (Lipinski definition) is 1. The Morgan fingerprint density at radius 1 is 1.08 bits per heavy atom. The zero-order chi connectivity index (χ0) is 18.7. The zero-order valence-corrected chi connectivity index (χ0v) is 14.5. The number of anilines is 1. The Balaban J connectivity index is 1.67. The van der Waals surface area contributed by atoms with Crippen molar-refractivity contribution < 1.29 is 22.7 Å². The third-order valence-corrected chi connectivity index (χ3v) is 4.22. The van der Waals surface area contributed by atoms with Gasteiger partial charge < -0.3 is 4.74 Å². The topological polar surface area (TPSA) is 51.2 Å². The van der Waals surface area contributed by atoms with Gasteiger partial charge in [-0.05, 0) is 36.4 Å². The van der Waals surface area contributed by atoms with Crippen LogP contribution in [0, 0.1) is 0 Å². The van der Waals surface area contributed by atoms with E-state index < -0.39 is 18.0 Å². The molecular weight excluding hydrogens is 389 g/mol. The fourth-order valence-corrected chi connectivity index (χ4v) is 2.90. The van der Waals surface area contributed by atoms with E-state index in [0.29, 0.717) is 15.8 Å². The van der Waals surface area contributed by atoms with Gasteiger partial charge in [-0.1, -0.05) is 23.7 Å².